The van der Waals surface area contributed by atoms with Gasteiger partial charge in [-0.3, -0.25) is 9.59 Å². The summed E-state index contributed by atoms with van der Waals surface area (Å²) in [7, 11) is 0. The van der Waals surface area contributed by atoms with Crippen LogP contribution in [0.4, 0.5) is 0 Å². The second-order valence-corrected chi connectivity index (χ2v) is 5.31. The van der Waals surface area contributed by atoms with Gasteiger partial charge in [0.05, 0.1) is 12.6 Å². The number of carbonyl (C=O) groups is 2. The molecule has 0 aliphatic heterocycles. The van der Waals surface area contributed by atoms with E-state index in [9.17, 15) is 9.59 Å². The van der Waals surface area contributed by atoms with E-state index in [0.717, 1.165) is 0 Å². The molecule has 1 atom stereocenters. The lowest BCUT2D eigenvalue weighted by molar-refractivity contribution is -0.137. The van der Waals surface area contributed by atoms with Gasteiger partial charge in [0.15, 0.2) is 0 Å². The Bertz CT molecular complexity index is 264. The van der Waals surface area contributed by atoms with E-state index in [0.29, 0.717) is 18.9 Å². The summed E-state index contributed by atoms with van der Waals surface area (Å²) < 4.78 is 0. The highest BCUT2D eigenvalue weighted by atomic mass is 16.2. The number of nitrogens with two attached hydrogens (primary N) is 2. The number of hydrogen-bond donors (Lipinski definition) is 2. The van der Waals surface area contributed by atoms with E-state index in [4.69, 9.17) is 11.5 Å². The molecule has 0 rings (SSSR count). The van der Waals surface area contributed by atoms with E-state index in [2.05, 4.69) is 0 Å². The van der Waals surface area contributed by atoms with Crippen molar-refractivity contribution < 1.29 is 9.59 Å². The third-order valence-electron chi connectivity index (χ3n) is 2.29. The molecule has 17 heavy (non-hydrogen) atoms. The van der Waals surface area contributed by atoms with E-state index < -0.39 is 11.9 Å². The van der Waals surface area contributed by atoms with E-state index in [1.165, 1.54) is 4.90 Å². The molecule has 0 aromatic rings. The van der Waals surface area contributed by atoms with Crippen LogP contribution in [0.25, 0.3) is 0 Å². The number of nitrogens with zero attached hydrogens (tertiary/aromatic N) is 1. The standard InChI is InChI=1S/C12H25N3O2/c1-8(2)5-10(13)12(17)15(6-9(3)4)7-11(14)16/h8-10H,5-7,13H2,1-4H3,(H2,14,16)/t10-/m1/s1. The van der Waals surface area contributed by atoms with Gasteiger partial charge < -0.3 is 16.4 Å². The summed E-state index contributed by atoms with van der Waals surface area (Å²) in [5.74, 6) is -0.0603. The summed E-state index contributed by atoms with van der Waals surface area (Å²) in [5.41, 5.74) is 11.0. The van der Waals surface area contributed by atoms with Gasteiger partial charge in [0.1, 0.15) is 0 Å². The Labute approximate surface area is 104 Å². The zero-order valence-corrected chi connectivity index (χ0v) is 11.3. The third kappa shape index (κ3) is 6.94. The fourth-order valence-electron chi connectivity index (χ4n) is 1.70. The molecule has 100 valence electrons. The number of carbonyl (C=O) groups excluding carboxylic acids is 2. The van der Waals surface area contributed by atoms with Crippen molar-refractivity contribution >= 4 is 11.8 Å². The fourth-order valence-corrected chi connectivity index (χ4v) is 1.70. The van der Waals surface area contributed by atoms with Crippen molar-refractivity contribution in [2.24, 2.45) is 23.3 Å². The van der Waals surface area contributed by atoms with Gasteiger partial charge in [-0.05, 0) is 18.3 Å². The Morgan fingerprint density at radius 2 is 1.65 bits per heavy atom. The molecule has 0 aromatic heterocycles. The van der Waals surface area contributed by atoms with Gasteiger partial charge in [0, 0.05) is 6.54 Å². The molecule has 4 N–H and O–H groups in total. The largest absolute Gasteiger partial charge is 0.368 e. The minimum atomic E-state index is -0.548. The summed E-state index contributed by atoms with van der Waals surface area (Å²) in [6.07, 6.45) is 0.617. The van der Waals surface area contributed by atoms with Gasteiger partial charge in [-0.15, -0.1) is 0 Å². The molecule has 0 radical (unpaired) electrons. The molecule has 0 heterocycles. The zero-order chi connectivity index (χ0) is 13.6. The first kappa shape index (κ1) is 15.9. The van der Waals surface area contributed by atoms with Crippen molar-refractivity contribution in [3.63, 3.8) is 0 Å². The fraction of sp³-hybridized carbons (Fsp3) is 0.833. The van der Waals surface area contributed by atoms with Gasteiger partial charge in [0.25, 0.3) is 0 Å². The second kappa shape index (κ2) is 7.27. The highest BCUT2D eigenvalue weighted by molar-refractivity contribution is 5.86. The topological polar surface area (TPSA) is 89.4 Å². The molecule has 0 aliphatic carbocycles. The lowest BCUT2D eigenvalue weighted by atomic mass is 10.0. The van der Waals surface area contributed by atoms with Crippen LogP contribution >= 0.6 is 0 Å². The SMILES string of the molecule is CC(C)C[C@@H](N)C(=O)N(CC(N)=O)CC(C)C. The molecule has 5 heteroatoms. The van der Waals surface area contributed by atoms with Crippen LogP contribution in [0.2, 0.25) is 0 Å². The lowest BCUT2D eigenvalue weighted by Gasteiger charge is -2.26. The van der Waals surface area contributed by atoms with Crippen molar-refractivity contribution in [1.82, 2.24) is 4.90 Å². The van der Waals surface area contributed by atoms with Crippen molar-refractivity contribution in [2.45, 2.75) is 40.2 Å². The van der Waals surface area contributed by atoms with Crippen LogP contribution in [-0.2, 0) is 9.59 Å². The van der Waals surface area contributed by atoms with Crippen molar-refractivity contribution in [3.8, 4) is 0 Å². The summed E-state index contributed by atoms with van der Waals surface area (Å²) in [6.45, 7) is 8.43. The lowest BCUT2D eigenvalue weighted by Crippen LogP contribution is -2.48. The van der Waals surface area contributed by atoms with Gasteiger partial charge >= 0.3 is 0 Å². The van der Waals surface area contributed by atoms with Gasteiger partial charge in [-0.1, -0.05) is 27.7 Å². The Balaban J connectivity index is 4.55. The average molecular weight is 243 g/mol. The highest BCUT2D eigenvalue weighted by Gasteiger charge is 2.23. The molecule has 0 spiro atoms. The van der Waals surface area contributed by atoms with Gasteiger partial charge in [0.2, 0.25) is 11.8 Å². The highest BCUT2D eigenvalue weighted by Crippen LogP contribution is 2.07. The van der Waals surface area contributed by atoms with E-state index in [1.54, 1.807) is 0 Å². The van der Waals surface area contributed by atoms with Gasteiger partial charge in [-0.2, -0.15) is 0 Å². The molecular formula is C12H25N3O2. The Hall–Kier alpha value is -1.10. The molecule has 0 bridgehead atoms. The minimum absolute atomic E-state index is 0.0528. The predicted molar refractivity (Wildman–Crippen MR) is 68.0 cm³/mol. The number of primary amides is 1. The summed E-state index contributed by atoms with van der Waals surface area (Å²) >= 11 is 0. The molecule has 0 fully saturated rings. The molecule has 0 aliphatic rings. The zero-order valence-electron chi connectivity index (χ0n) is 11.3. The van der Waals surface area contributed by atoms with E-state index in [-0.39, 0.29) is 18.4 Å². The maximum atomic E-state index is 12.0. The monoisotopic (exact) mass is 243 g/mol. The van der Waals surface area contributed by atoms with Crippen LogP contribution in [-0.4, -0.2) is 35.8 Å². The molecule has 5 nitrogen and oxygen atoms in total. The van der Waals surface area contributed by atoms with Crippen LogP contribution in [0, 0.1) is 11.8 Å². The molecule has 0 aromatic carbocycles. The van der Waals surface area contributed by atoms with Crippen LogP contribution in [0.3, 0.4) is 0 Å². The first-order chi connectivity index (χ1) is 7.73. The summed E-state index contributed by atoms with van der Waals surface area (Å²) in [5, 5.41) is 0. The number of amides is 2. The number of rotatable bonds is 7. The maximum Gasteiger partial charge on any atom is 0.239 e. The van der Waals surface area contributed by atoms with Crippen LogP contribution in [0.15, 0.2) is 0 Å². The average Bonchev–Trinajstić information content (AvgIpc) is 2.12. The third-order valence-corrected chi connectivity index (χ3v) is 2.29. The summed E-state index contributed by atoms with van der Waals surface area (Å²) in [6, 6.07) is -0.548. The molecule has 2 amide bonds. The quantitative estimate of drug-likeness (QED) is 0.675. The van der Waals surface area contributed by atoms with Crippen molar-refractivity contribution in [1.29, 1.82) is 0 Å². The Morgan fingerprint density at radius 1 is 1.12 bits per heavy atom. The molecule has 0 unspecified atom stereocenters. The van der Waals surface area contributed by atoms with Gasteiger partial charge in [-0.25, -0.2) is 0 Å². The van der Waals surface area contributed by atoms with Crippen molar-refractivity contribution in [3.05, 3.63) is 0 Å². The predicted octanol–water partition coefficient (Wildman–Crippen LogP) is 0.330. The second-order valence-electron chi connectivity index (χ2n) is 5.31. The maximum absolute atomic E-state index is 12.0. The normalized spacial score (nSPS) is 12.9. The molecular weight excluding hydrogens is 218 g/mol. The minimum Gasteiger partial charge on any atom is -0.368 e. The smallest absolute Gasteiger partial charge is 0.239 e. The molecule has 0 saturated carbocycles. The summed E-state index contributed by atoms with van der Waals surface area (Å²) in [4.78, 5) is 24.4. The Kier molecular flexibility index (Phi) is 6.80. The van der Waals surface area contributed by atoms with E-state index >= 15 is 0 Å². The molecule has 0 saturated heterocycles. The van der Waals surface area contributed by atoms with E-state index in [1.807, 2.05) is 27.7 Å². The Morgan fingerprint density at radius 3 is 2.00 bits per heavy atom. The first-order valence-corrected chi connectivity index (χ1v) is 6.06. The van der Waals surface area contributed by atoms with Crippen LogP contribution < -0.4 is 11.5 Å². The first-order valence-electron chi connectivity index (χ1n) is 6.06. The number of hydrogen-bond acceptors (Lipinski definition) is 3. The van der Waals surface area contributed by atoms with Crippen LogP contribution in [0.5, 0.6) is 0 Å². The van der Waals surface area contributed by atoms with Crippen LogP contribution in [0.1, 0.15) is 34.1 Å². The van der Waals surface area contributed by atoms with Crippen molar-refractivity contribution in [2.75, 3.05) is 13.1 Å².